The van der Waals surface area contributed by atoms with Gasteiger partial charge in [-0.25, -0.2) is 0 Å². The van der Waals surface area contributed by atoms with Crippen molar-refractivity contribution in [2.75, 3.05) is 12.4 Å². The van der Waals surface area contributed by atoms with Crippen molar-refractivity contribution >= 4 is 35.0 Å². The van der Waals surface area contributed by atoms with Crippen LogP contribution in [0.3, 0.4) is 0 Å². The van der Waals surface area contributed by atoms with Gasteiger partial charge < -0.3 is 25.0 Å². The molecule has 8 nitrogen and oxygen atoms in total. The number of carbonyl (C=O) groups excluding carboxylic acids is 3. The van der Waals surface area contributed by atoms with Crippen molar-refractivity contribution in [3.63, 3.8) is 0 Å². The summed E-state index contributed by atoms with van der Waals surface area (Å²) >= 11 is 6.11. The summed E-state index contributed by atoms with van der Waals surface area (Å²) < 4.78 is 11.9. The fourth-order valence-electron chi connectivity index (χ4n) is 7.43. The molecule has 9 heteroatoms. The topological polar surface area (TPSA) is 97.0 Å². The summed E-state index contributed by atoms with van der Waals surface area (Å²) in [5.74, 6) is -1.09. The number of halogens is 1. The predicted octanol–water partition coefficient (Wildman–Crippen LogP) is 4.56. The molecule has 2 bridgehead atoms. The number of carbonyl (C=O) groups is 3. The first-order valence-electron chi connectivity index (χ1n) is 14.3. The normalized spacial score (nSPS) is 32.6. The van der Waals surface area contributed by atoms with E-state index >= 15 is 0 Å². The van der Waals surface area contributed by atoms with E-state index in [1.54, 1.807) is 48.4 Å². The van der Waals surface area contributed by atoms with Crippen molar-refractivity contribution in [1.82, 2.24) is 10.2 Å². The predicted molar refractivity (Wildman–Crippen MR) is 151 cm³/mol. The molecule has 3 heterocycles. The number of hydrogen-bond donors (Lipinski definition) is 2. The Bertz CT molecular complexity index is 1300. The minimum atomic E-state index is -1.04. The smallest absolute Gasteiger partial charge is 0.246 e. The number of methoxy groups -OCH3 is 1. The highest BCUT2D eigenvalue weighted by Crippen LogP contribution is 2.58. The summed E-state index contributed by atoms with van der Waals surface area (Å²) in [6.07, 6.45) is 5.01. The van der Waals surface area contributed by atoms with Crippen LogP contribution in [0.2, 0.25) is 5.02 Å². The van der Waals surface area contributed by atoms with Gasteiger partial charge in [0, 0.05) is 29.4 Å². The van der Waals surface area contributed by atoms with Gasteiger partial charge in [0.05, 0.1) is 25.0 Å². The highest BCUT2D eigenvalue weighted by molar-refractivity contribution is 6.30. The van der Waals surface area contributed by atoms with E-state index in [-0.39, 0.29) is 30.3 Å². The van der Waals surface area contributed by atoms with Gasteiger partial charge in [0.25, 0.3) is 0 Å². The average Bonchev–Trinajstić information content (AvgIpc) is 3.59. The highest BCUT2D eigenvalue weighted by atomic mass is 35.5. The standard InChI is InChI=1S/C31H36ClN3O5/c1-18-6-3-4-9-23(18)34-29(37)27-31-15-14-24(40-31)25(28(36)33-21-7-5-8-22(16-21)39-2)26(31)30(38)35(27)17-19-10-12-20(32)13-11-19/h5,7-8,10-13,16,18,23-27H,3-4,6,9,14-15,17H2,1-2H3,(H,33,36)(H,34,37). The van der Waals surface area contributed by atoms with Crippen molar-refractivity contribution in [1.29, 1.82) is 0 Å². The van der Waals surface area contributed by atoms with E-state index in [9.17, 15) is 14.4 Å². The number of nitrogens with zero attached hydrogens (tertiary/aromatic N) is 1. The van der Waals surface area contributed by atoms with Gasteiger partial charge in [-0.1, -0.05) is 49.6 Å². The molecule has 0 radical (unpaired) electrons. The number of hydrogen-bond acceptors (Lipinski definition) is 5. The van der Waals surface area contributed by atoms with Gasteiger partial charge >= 0.3 is 0 Å². The fourth-order valence-corrected chi connectivity index (χ4v) is 7.56. The Morgan fingerprint density at radius 1 is 1.10 bits per heavy atom. The lowest BCUT2D eigenvalue weighted by Crippen LogP contribution is -2.57. The van der Waals surface area contributed by atoms with Crippen LogP contribution in [0.4, 0.5) is 5.69 Å². The molecule has 3 saturated heterocycles. The lowest BCUT2D eigenvalue weighted by Gasteiger charge is -2.36. The molecule has 212 valence electrons. The summed E-state index contributed by atoms with van der Waals surface area (Å²) in [5, 5.41) is 6.87. The molecular weight excluding hydrogens is 530 g/mol. The largest absolute Gasteiger partial charge is 0.497 e. The van der Waals surface area contributed by atoms with Crippen LogP contribution < -0.4 is 15.4 Å². The highest BCUT2D eigenvalue weighted by Gasteiger charge is 2.74. The summed E-state index contributed by atoms with van der Waals surface area (Å²) in [4.78, 5) is 43.7. The van der Waals surface area contributed by atoms with E-state index in [0.29, 0.717) is 35.2 Å². The van der Waals surface area contributed by atoms with Gasteiger partial charge in [-0.05, 0) is 61.4 Å². The van der Waals surface area contributed by atoms with E-state index in [0.717, 1.165) is 24.8 Å². The third-order valence-electron chi connectivity index (χ3n) is 9.39. The lowest BCUT2D eigenvalue weighted by atomic mass is 9.70. The molecular formula is C31H36ClN3O5. The van der Waals surface area contributed by atoms with Gasteiger partial charge in [-0.15, -0.1) is 0 Å². The van der Waals surface area contributed by atoms with Crippen LogP contribution in [-0.2, 0) is 25.7 Å². The van der Waals surface area contributed by atoms with E-state index in [4.69, 9.17) is 21.1 Å². The van der Waals surface area contributed by atoms with Gasteiger partial charge in [0.1, 0.15) is 17.4 Å². The van der Waals surface area contributed by atoms with E-state index in [2.05, 4.69) is 17.6 Å². The number of rotatable bonds is 7. The Balaban J connectivity index is 1.32. The summed E-state index contributed by atoms with van der Waals surface area (Å²) in [6, 6.07) is 13.7. The molecule has 1 aliphatic carbocycles. The Hall–Kier alpha value is -3.10. The van der Waals surface area contributed by atoms with Crippen LogP contribution >= 0.6 is 11.6 Å². The fraction of sp³-hybridized carbons (Fsp3) is 0.516. The maximum absolute atomic E-state index is 14.2. The minimum absolute atomic E-state index is 0.0648. The summed E-state index contributed by atoms with van der Waals surface area (Å²) in [6.45, 7) is 2.41. The molecule has 40 heavy (non-hydrogen) atoms. The second kappa shape index (κ2) is 10.7. The van der Waals surface area contributed by atoms with Crippen molar-refractivity contribution in [2.45, 2.75) is 75.8 Å². The van der Waals surface area contributed by atoms with Crippen molar-refractivity contribution < 1.29 is 23.9 Å². The Morgan fingerprint density at radius 2 is 1.88 bits per heavy atom. The van der Waals surface area contributed by atoms with Crippen LogP contribution in [0.1, 0.15) is 51.0 Å². The summed E-state index contributed by atoms with van der Waals surface area (Å²) in [5.41, 5.74) is 0.419. The number of amides is 3. The maximum atomic E-state index is 14.2. The number of ether oxygens (including phenoxy) is 2. The number of benzene rings is 2. The number of fused-ring (bicyclic) bond motifs is 1. The second-order valence-electron chi connectivity index (χ2n) is 11.7. The number of nitrogens with one attached hydrogen (secondary N) is 2. The molecule has 0 aromatic heterocycles. The van der Waals surface area contributed by atoms with Crippen molar-refractivity contribution in [3.8, 4) is 5.75 Å². The first kappa shape index (κ1) is 27.1. The van der Waals surface area contributed by atoms with Crippen LogP contribution in [0.25, 0.3) is 0 Å². The SMILES string of the molecule is COc1cccc(NC(=O)C2C3CCC4(O3)C2C(=O)N(Cc2ccc(Cl)cc2)C4C(=O)NC2CCCCC2C)c1. The lowest BCUT2D eigenvalue weighted by molar-refractivity contribution is -0.142. The molecule has 7 unspecified atom stereocenters. The van der Waals surface area contributed by atoms with Gasteiger partial charge in [-0.2, -0.15) is 0 Å². The molecule has 3 aliphatic heterocycles. The molecule has 3 amide bonds. The van der Waals surface area contributed by atoms with Crippen LogP contribution in [0.15, 0.2) is 48.5 Å². The molecule has 2 N–H and O–H groups in total. The number of anilines is 1. The second-order valence-corrected chi connectivity index (χ2v) is 12.2. The van der Waals surface area contributed by atoms with Gasteiger partial charge in [-0.3, -0.25) is 14.4 Å². The zero-order valence-electron chi connectivity index (χ0n) is 22.9. The van der Waals surface area contributed by atoms with Crippen LogP contribution in [-0.4, -0.2) is 53.5 Å². The quantitative estimate of drug-likeness (QED) is 0.513. The monoisotopic (exact) mass is 565 g/mol. The minimum Gasteiger partial charge on any atom is -0.497 e. The molecule has 1 spiro atoms. The third-order valence-corrected chi connectivity index (χ3v) is 9.65. The third kappa shape index (κ3) is 4.65. The van der Waals surface area contributed by atoms with Crippen molar-refractivity contribution in [3.05, 3.63) is 59.1 Å². The molecule has 2 aromatic rings. The van der Waals surface area contributed by atoms with E-state index in [1.165, 1.54) is 6.42 Å². The average molecular weight is 566 g/mol. The molecule has 4 aliphatic rings. The first-order chi connectivity index (χ1) is 19.3. The first-order valence-corrected chi connectivity index (χ1v) is 14.7. The van der Waals surface area contributed by atoms with Gasteiger partial charge in [0.15, 0.2) is 0 Å². The Labute approximate surface area is 239 Å². The molecule has 4 fully saturated rings. The summed E-state index contributed by atoms with van der Waals surface area (Å²) in [7, 11) is 1.57. The zero-order valence-corrected chi connectivity index (χ0v) is 23.7. The Kier molecular flexibility index (Phi) is 7.25. The molecule has 6 rings (SSSR count). The molecule has 7 atom stereocenters. The molecule has 1 saturated carbocycles. The van der Waals surface area contributed by atoms with Crippen LogP contribution in [0.5, 0.6) is 5.75 Å². The van der Waals surface area contributed by atoms with Gasteiger partial charge in [0.2, 0.25) is 17.7 Å². The van der Waals surface area contributed by atoms with E-state index in [1.807, 2.05) is 12.1 Å². The van der Waals surface area contributed by atoms with E-state index < -0.39 is 29.6 Å². The van der Waals surface area contributed by atoms with Crippen LogP contribution in [0, 0.1) is 17.8 Å². The molecule has 2 aromatic carbocycles. The zero-order chi connectivity index (χ0) is 28.0. The Morgan fingerprint density at radius 3 is 2.62 bits per heavy atom. The maximum Gasteiger partial charge on any atom is 0.246 e. The number of likely N-dealkylation sites (tertiary alicyclic amines) is 1. The van der Waals surface area contributed by atoms with Crippen molar-refractivity contribution in [2.24, 2.45) is 17.8 Å².